The zero-order valence-corrected chi connectivity index (χ0v) is 15.5. The van der Waals surface area contributed by atoms with E-state index in [-0.39, 0.29) is 30.2 Å². The normalized spacial score (nSPS) is 22.3. The van der Waals surface area contributed by atoms with Gasteiger partial charge in [0, 0.05) is 19.5 Å². The third-order valence-corrected chi connectivity index (χ3v) is 5.57. The van der Waals surface area contributed by atoms with Crippen LogP contribution in [0.2, 0.25) is 0 Å². The second kappa shape index (κ2) is 7.43. The molecule has 2 fully saturated rings. The first-order valence-electron chi connectivity index (χ1n) is 9.48. The van der Waals surface area contributed by atoms with E-state index in [2.05, 4.69) is 12.1 Å². The van der Waals surface area contributed by atoms with Crippen molar-refractivity contribution < 1.29 is 14.3 Å². The Bertz CT molecular complexity index is 836. The number of methoxy groups -OCH3 is 1. The van der Waals surface area contributed by atoms with Gasteiger partial charge in [-0.2, -0.15) is 0 Å². The number of ether oxygens (including phenoxy) is 1. The predicted octanol–water partition coefficient (Wildman–Crippen LogP) is 3.41. The van der Waals surface area contributed by atoms with Gasteiger partial charge < -0.3 is 14.5 Å². The summed E-state index contributed by atoms with van der Waals surface area (Å²) in [5.41, 5.74) is 1.91. The standard InChI is InChI=1S/C22H24N2O3/c1-27-20-12-6-5-10-19(20)24-15-17(14-21(24)25)22(26)23-13-7-11-18(23)16-8-3-2-4-9-16/h2-6,8-10,12,17-18H,7,11,13-15H2,1H3. The summed E-state index contributed by atoms with van der Waals surface area (Å²) in [4.78, 5) is 29.5. The van der Waals surface area contributed by atoms with E-state index in [9.17, 15) is 9.59 Å². The van der Waals surface area contributed by atoms with E-state index in [1.807, 2.05) is 47.4 Å². The van der Waals surface area contributed by atoms with E-state index in [1.54, 1.807) is 12.0 Å². The maximum Gasteiger partial charge on any atom is 0.228 e. The molecule has 2 aliphatic heterocycles. The highest BCUT2D eigenvalue weighted by atomic mass is 16.5. The SMILES string of the molecule is COc1ccccc1N1CC(C(=O)N2CCCC2c2ccccc2)CC1=O. The lowest BCUT2D eigenvalue weighted by molar-refractivity contribution is -0.136. The Morgan fingerprint density at radius 3 is 2.59 bits per heavy atom. The average molecular weight is 364 g/mol. The lowest BCUT2D eigenvalue weighted by atomic mass is 10.0. The van der Waals surface area contributed by atoms with Gasteiger partial charge in [0.1, 0.15) is 5.75 Å². The van der Waals surface area contributed by atoms with Crippen molar-refractivity contribution >= 4 is 17.5 Å². The Kier molecular flexibility index (Phi) is 4.84. The van der Waals surface area contributed by atoms with Crippen LogP contribution in [0.4, 0.5) is 5.69 Å². The van der Waals surface area contributed by atoms with Crippen molar-refractivity contribution in [3.63, 3.8) is 0 Å². The van der Waals surface area contributed by atoms with Crippen molar-refractivity contribution in [2.24, 2.45) is 5.92 Å². The summed E-state index contributed by atoms with van der Waals surface area (Å²) in [5, 5.41) is 0. The lowest BCUT2D eigenvalue weighted by Gasteiger charge is -2.28. The highest BCUT2D eigenvalue weighted by molar-refractivity contribution is 6.01. The highest BCUT2D eigenvalue weighted by Gasteiger charge is 2.41. The number of carbonyl (C=O) groups is 2. The van der Waals surface area contributed by atoms with Gasteiger partial charge >= 0.3 is 0 Å². The van der Waals surface area contributed by atoms with E-state index in [0.29, 0.717) is 12.3 Å². The number of carbonyl (C=O) groups excluding carboxylic acids is 2. The molecule has 2 heterocycles. The molecule has 27 heavy (non-hydrogen) atoms. The van der Waals surface area contributed by atoms with E-state index >= 15 is 0 Å². The number of amides is 2. The number of hydrogen-bond donors (Lipinski definition) is 0. The number of nitrogens with zero attached hydrogens (tertiary/aromatic N) is 2. The zero-order valence-electron chi connectivity index (χ0n) is 15.5. The Morgan fingerprint density at radius 1 is 1.07 bits per heavy atom. The summed E-state index contributed by atoms with van der Waals surface area (Å²) in [6.07, 6.45) is 2.24. The van der Waals surface area contributed by atoms with Crippen LogP contribution in [-0.4, -0.2) is 36.9 Å². The summed E-state index contributed by atoms with van der Waals surface area (Å²) < 4.78 is 5.39. The number of anilines is 1. The molecule has 140 valence electrons. The van der Waals surface area contributed by atoms with Crippen molar-refractivity contribution in [2.45, 2.75) is 25.3 Å². The lowest BCUT2D eigenvalue weighted by Crippen LogP contribution is -2.37. The van der Waals surface area contributed by atoms with Crippen molar-refractivity contribution in [1.82, 2.24) is 4.90 Å². The second-order valence-electron chi connectivity index (χ2n) is 7.18. The third kappa shape index (κ3) is 3.29. The molecule has 5 heteroatoms. The molecule has 2 aliphatic rings. The van der Waals surface area contributed by atoms with Gasteiger partial charge in [0.25, 0.3) is 0 Å². The Balaban J connectivity index is 1.52. The number of likely N-dealkylation sites (tertiary alicyclic amines) is 1. The fraction of sp³-hybridized carbons (Fsp3) is 0.364. The first-order chi connectivity index (χ1) is 13.2. The van der Waals surface area contributed by atoms with E-state index in [0.717, 1.165) is 25.1 Å². The molecule has 2 aromatic rings. The molecular weight excluding hydrogens is 340 g/mol. The molecule has 4 rings (SSSR count). The first kappa shape index (κ1) is 17.6. The monoisotopic (exact) mass is 364 g/mol. The second-order valence-corrected chi connectivity index (χ2v) is 7.18. The Morgan fingerprint density at radius 2 is 1.81 bits per heavy atom. The van der Waals surface area contributed by atoms with Crippen molar-refractivity contribution in [2.75, 3.05) is 25.1 Å². The van der Waals surface area contributed by atoms with Crippen LogP contribution in [0.3, 0.4) is 0 Å². The van der Waals surface area contributed by atoms with Gasteiger partial charge in [0.2, 0.25) is 11.8 Å². The topological polar surface area (TPSA) is 49.9 Å². The van der Waals surface area contributed by atoms with Crippen LogP contribution in [0.25, 0.3) is 0 Å². The molecule has 0 saturated carbocycles. The molecule has 2 atom stereocenters. The highest BCUT2D eigenvalue weighted by Crippen LogP contribution is 2.37. The molecule has 2 saturated heterocycles. The van der Waals surface area contributed by atoms with E-state index in [1.165, 1.54) is 5.56 Å². The summed E-state index contributed by atoms with van der Waals surface area (Å²) in [6.45, 7) is 1.17. The summed E-state index contributed by atoms with van der Waals surface area (Å²) in [6, 6.07) is 17.8. The van der Waals surface area contributed by atoms with Crippen LogP contribution in [0, 0.1) is 5.92 Å². The molecule has 2 aromatic carbocycles. The van der Waals surface area contributed by atoms with Crippen LogP contribution >= 0.6 is 0 Å². The predicted molar refractivity (Wildman–Crippen MR) is 104 cm³/mol. The molecule has 2 amide bonds. The molecular formula is C22H24N2O3. The molecule has 0 spiro atoms. The number of hydrogen-bond acceptors (Lipinski definition) is 3. The molecule has 0 aromatic heterocycles. The summed E-state index contributed by atoms with van der Waals surface area (Å²) in [5.74, 6) is 0.425. The zero-order chi connectivity index (χ0) is 18.8. The van der Waals surface area contributed by atoms with Crippen molar-refractivity contribution in [3.05, 3.63) is 60.2 Å². The van der Waals surface area contributed by atoms with Gasteiger partial charge in [-0.3, -0.25) is 9.59 Å². The quantitative estimate of drug-likeness (QED) is 0.835. The maximum absolute atomic E-state index is 13.2. The minimum Gasteiger partial charge on any atom is -0.495 e. The van der Waals surface area contributed by atoms with E-state index < -0.39 is 0 Å². The maximum atomic E-state index is 13.2. The van der Waals surface area contributed by atoms with Crippen LogP contribution in [0.1, 0.15) is 30.9 Å². The summed E-state index contributed by atoms with van der Waals surface area (Å²) in [7, 11) is 1.59. The van der Waals surface area contributed by atoms with Crippen molar-refractivity contribution in [3.8, 4) is 5.75 Å². The average Bonchev–Trinajstić information content (AvgIpc) is 3.35. The Hall–Kier alpha value is -2.82. The van der Waals surface area contributed by atoms with Crippen molar-refractivity contribution in [1.29, 1.82) is 0 Å². The van der Waals surface area contributed by atoms with E-state index in [4.69, 9.17) is 4.74 Å². The molecule has 0 radical (unpaired) electrons. The van der Waals surface area contributed by atoms with Gasteiger partial charge in [-0.1, -0.05) is 42.5 Å². The smallest absolute Gasteiger partial charge is 0.228 e. The first-order valence-corrected chi connectivity index (χ1v) is 9.48. The van der Waals surface area contributed by atoms with Gasteiger partial charge in [-0.15, -0.1) is 0 Å². The number of rotatable bonds is 4. The van der Waals surface area contributed by atoms with Crippen LogP contribution in [0.5, 0.6) is 5.75 Å². The van der Waals surface area contributed by atoms with Crippen LogP contribution in [-0.2, 0) is 9.59 Å². The largest absolute Gasteiger partial charge is 0.495 e. The molecule has 5 nitrogen and oxygen atoms in total. The Labute approximate surface area is 159 Å². The van der Waals surface area contributed by atoms with Gasteiger partial charge in [0.15, 0.2) is 0 Å². The minimum absolute atomic E-state index is 0.0201. The van der Waals surface area contributed by atoms with Gasteiger partial charge in [-0.05, 0) is 30.5 Å². The number of benzene rings is 2. The fourth-order valence-electron chi connectivity index (χ4n) is 4.25. The third-order valence-electron chi connectivity index (χ3n) is 5.57. The van der Waals surface area contributed by atoms with Gasteiger partial charge in [-0.25, -0.2) is 0 Å². The molecule has 0 bridgehead atoms. The molecule has 0 N–H and O–H groups in total. The fourth-order valence-corrected chi connectivity index (χ4v) is 4.25. The van der Waals surface area contributed by atoms with Gasteiger partial charge in [0.05, 0.1) is 24.8 Å². The number of para-hydroxylation sites is 2. The minimum atomic E-state index is -0.299. The molecule has 2 unspecified atom stereocenters. The molecule has 0 aliphatic carbocycles. The summed E-state index contributed by atoms with van der Waals surface area (Å²) >= 11 is 0. The van der Waals surface area contributed by atoms with Crippen LogP contribution in [0.15, 0.2) is 54.6 Å². The van der Waals surface area contributed by atoms with Crippen LogP contribution < -0.4 is 9.64 Å².